The van der Waals surface area contributed by atoms with Gasteiger partial charge in [0.1, 0.15) is 5.75 Å². The summed E-state index contributed by atoms with van der Waals surface area (Å²) in [6, 6.07) is 11.2. The van der Waals surface area contributed by atoms with Crippen molar-refractivity contribution in [1.29, 1.82) is 0 Å². The summed E-state index contributed by atoms with van der Waals surface area (Å²) < 4.78 is 5.11. The van der Waals surface area contributed by atoms with Crippen LogP contribution in [-0.2, 0) is 0 Å². The number of aromatic hydroxyl groups is 1. The molecule has 0 atom stereocenters. The van der Waals surface area contributed by atoms with E-state index in [2.05, 4.69) is 9.98 Å². The first-order valence-electron chi connectivity index (χ1n) is 6.77. The third kappa shape index (κ3) is 2.65. The van der Waals surface area contributed by atoms with Gasteiger partial charge in [0.15, 0.2) is 5.88 Å². The van der Waals surface area contributed by atoms with E-state index in [4.69, 9.17) is 16.3 Å². The highest BCUT2D eigenvalue weighted by atomic mass is 35.5. The van der Waals surface area contributed by atoms with Gasteiger partial charge in [-0.25, -0.2) is 0 Å². The monoisotopic (exact) mass is 314 g/mol. The number of methoxy groups -OCH3 is 1. The molecule has 0 aliphatic heterocycles. The summed E-state index contributed by atoms with van der Waals surface area (Å²) >= 11 is 6.08. The summed E-state index contributed by atoms with van der Waals surface area (Å²) in [7, 11) is 1.57. The summed E-state index contributed by atoms with van der Waals surface area (Å²) in [4.78, 5) is 7.32. The van der Waals surface area contributed by atoms with Gasteiger partial charge in [-0.3, -0.25) is 4.99 Å². The second-order valence-corrected chi connectivity index (χ2v) is 5.42. The molecule has 112 valence electrons. The predicted octanol–water partition coefficient (Wildman–Crippen LogP) is 4.59. The maximum atomic E-state index is 10.0. The van der Waals surface area contributed by atoms with Crippen molar-refractivity contribution in [2.24, 2.45) is 4.99 Å². The molecule has 0 amide bonds. The van der Waals surface area contributed by atoms with Gasteiger partial charge in [0.2, 0.25) is 0 Å². The lowest BCUT2D eigenvalue weighted by Crippen LogP contribution is -1.83. The molecule has 0 aliphatic rings. The van der Waals surface area contributed by atoms with Gasteiger partial charge in [0, 0.05) is 17.1 Å². The summed E-state index contributed by atoms with van der Waals surface area (Å²) in [5.41, 5.74) is 3.34. The fourth-order valence-corrected chi connectivity index (χ4v) is 2.57. The van der Waals surface area contributed by atoms with Crippen molar-refractivity contribution in [3.05, 3.63) is 52.5 Å². The topological polar surface area (TPSA) is 57.6 Å². The Morgan fingerprint density at radius 1 is 1.23 bits per heavy atom. The van der Waals surface area contributed by atoms with Gasteiger partial charge in [-0.1, -0.05) is 23.2 Å². The molecule has 0 bridgehead atoms. The lowest BCUT2D eigenvalue weighted by atomic mass is 10.1. The van der Waals surface area contributed by atoms with Crippen LogP contribution in [0.2, 0.25) is 5.02 Å². The number of aromatic nitrogens is 1. The number of aliphatic imine (C=N–C) groups is 1. The number of nitrogens with one attached hydrogen (secondary N) is 1. The number of ether oxygens (including phenoxy) is 1. The zero-order chi connectivity index (χ0) is 15.7. The number of benzene rings is 2. The van der Waals surface area contributed by atoms with Crippen molar-refractivity contribution in [2.75, 3.05) is 7.11 Å². The van der Waals surface area contributed by atoms with Crippen molar-refractivity contribution in [1.82, 2.24) is 4.98 Å². The Balaban J connectivity index is 2.00. The van der Waals surface area contributed by atoms with Crippen LogP contribution in [0.4, 0.5) is 5.69 Å². The quantitative estimate of drug-likeness (QED) is 0.694. The molecule has 0 saturated carbocycles. The lowest BCUT2D eigenvalue weighted by Gasteiger charge is -2.02. The SMILES string of the molecule is COc1ccc(N=Cc2c(O)[nH]c3ccc(C)cc23)cc1Cl. The van der Waals surface area contributed by atoms with Crippen LogP contribution in [0.1, 0.15) is 11.1 Å². The lowest BCUT2D eigenvalue weighted by molar-refractivity contribution is 0.415. The van der Waals surface area contributed by atoms with E-state index >= 15 is 0 Å². The molecule has 0 unspecified atom stereocenters. The minimum absolute atomic E-state index is 0.101. The van der Waals surface area contributed by atoms with E-state index in [1.807, 2.05) is 25.1 Å². The molecule has 4 nitrogen and oxygen atoms in total. The maximum absolute atomic E-state index is 10.0. The predicted molar refractivity (Wildman–Crippen MR) is 90.0 cm³/mol. The molecular weight excluding hydrogens is 300 g/mol. The fraction of sp³-hybridized carbons (Fsp3) is 0.118. The highest BCUT2D eigenvalue weighted by molar-refractivity contribution is 6.32. The zero-order valence-electron chi connectivity index (χ0n) is 12.2. The van der Waals surface area contributed by atoms with Gasteiger partial charge in [0.25, 0.3) is 0 Å². The maximum Gasteiger partial charge on any atom is 0.198 e. The molecule has 2 aromatic carbocycles. The Morgan fingerprint density at radius 2 is 2.05 bits per heavy atom. The van der Waals surface area contributed by atoms with Crippen LogP contribution >= 0.6 is 11.6 Å². The highest BCUT2D eigenvalue weighted by Gasteiger charge is 2.09. The zero-order valence-corrected chi connectivity index (χ0v) is 13.0. The summed E-state index contributed by atoms with van der Waals surface area (Å²) in [5, 5.41) is 11.5. The normalized spacial score (nSPS) is 11.4. The van der Waals surface area contributed by atoms with E-state index in [1.54, 1.807) is 31.5 Å². The van der Waals surface area contributed by atoms with Gasteiger partial charge in [-0.05, 0) is 37.3 Å². The highest BCUT2D eigenvalue weighted by Crippen LogP contribution is 2.30. The van der Waals surface area contributed by atoms with Crippen LogP contribution in [-0.4, -0.2) is 23.4 Å². The third-order valence-electron chi connectivity index (χ3n) is 3.45. The Hall–Kier alpha value is -2.46. The molecule has 3 rings (SSSR count). The smallest absolute Gasteiger partial charge is 0.198 e. The van der Waals surface area contributed by atoms with Crippen LogP contribution in [0.25, 0.3) is 10.9 Å². The van der Waals surface area contributed by atoms with Crippen LogP contribution in [0.3, 0.4) is 0 Å². The first kappa shape index (κ1) is 14.5. The van der Waals surface area contributed by atoms with Crippen molar-refractivity contribution < 1.29 is 9.84 Å². The molecule has 5 heteroatoms. The minimum Gasteiger partial charge on any atom is -0.495 e. The van der Waals surface area contributed by atoms with Gasteiger partial charge in [0.05, 0.1) is 23.4 Å². The van der Waals surface area contributed by atoms with Crippen molar-refractivity contribution in [3.8, 4) is 11.6 Å². The number of H-pyrrole nitrogens is 1. The number of hydrogen-bond acceptors (Lipinski definition) is 3. The van der Waals surface area contributed by atoms with Gasteiger partial charge in [-0.2, -0.15) is 0 Å². The largest absolute Gasteiger partial charge is 0.495 e. The Bertz CT molecular complexity index is 868. The van der Waals surface area contributed by atoms with Gasteiger partial charge < -0.3 is 14.8 Å². The third-order valence-corrected chi connectivity index (χ3v) is 3.75. The standard InChI is InChI=1S/C17H15ClN2O2/c1-10-3-5-15-12(7-10)13(17(21)20-15)9-19-11-4-6-16(22-2)14(18)8-11/h3-9,20-21H,1-2H3. The molecule has 0 spiro atoms. The number of halogens is 1. The van der Waals surface area contributed by atoms with Gasteiger partial charge in [-0.15, -0.1) is 0 Å². The summed E-state index contributed by atoms with van der Waals surface area (Å²) in [6.07, 6.45) is 1.63. The number of fused-ring (bicyclic) bond motifs is 1. The molecule has 0 saturated heterocycles. The fourth-order valence-electron chi connectivity index (χ4n) is 2.32. The summed E-state index contributed by atoms with van der Waals surface area (Å²) in [5.74, 6) is 0.704. The number of rotatable bonds is 3. The van der Waals surface area contributed by atoms with Crippen molar-refractivity contribution in [2.45, 2.75) is 6.92 Å². The molecule has 0 fully saturated rings. The molecule has 0 radical (unpaired) electrons. The van der Waals surface area contributed by atoms with Crippen molar-refractivity contribution in [3.63, 3.8) is 0 Å². The van der Waals surface area contributed by atoms with E-state index in [9.17, 15) is 5.11 Å². The molecular formula is C17H15ClN2O2. The Kier molecular flexibility index (Phi) is 3.77. The minimum atomic E-state index is 0.101. The van der Waals surface area contributed by atoms with E-state index in [0.717, 1.165) is 16.5 Å². The van der Waals surface area contributed by atoms with E-state index in [1.165, 1.54) is 0 Å². The molecule has 2 N–H and O–H groups in total. The van der Waals surface area contributed by atoms with E-state index < -0.39 is 0 Å². The van der Waals surface area contributed by atoms with Crippen LogP contribution < -0.4 is 4.74 Å². The number of hydrogen-bond donors (Lipinski definition) is 2. The Morgan fingerprint density at radius 3 is 2.77 bits per heavy atom. The first-order chi connectivity index (χ1) is 10.6. The average Bonchev–Trinajstić information content (AvgIpc) is 2.80. The average molecular weight is 315 g/mol. The Labute approximate surface area is 133 Å². The first-order valence-corrected chi connectivity index (χ1v) is 7.15. The second kappa shape index (κ2) is 5.73. The molecule has 0 aliphatic carbocycles. The molecule has 3 aromatic rings. The number of nitrogens with zero attached hydrogens (tertiary/aromatic N) is 1. The van der Waals surface area contributed by atoms with Crippen LogP contribution in [0.5, 0.6) is 11.6 Å². The molecule has 1 aromatic heterocycles. The van der Waals surface area contributed by atoms with Crippen LogP contribution in [0, 0.1) is 6.92 Å². The van der Waals surface area contributed by atoms with E-state index in [-0.39, 0.29) is 5.88 Å². The summed E-state index contributed by atoms with van der Waals surface area (Å²) in [6.45, 7) is 2.01. The molecule has 1 heterocycles. The number of aryl methyl sites for hydroxylation is 1. The molecule has 22 heavy (non-hydrogen) atoms. The number of aromatic amines is 1. The second-order valence-electron chi connectivity index (χ2n) is 5.01. The van der Waals surface area contributed by atoms with Crippen LogP contribution in [0.15, 0.2) is 41.4 Å². The van der Waals surface area contributed by atoms with E-state index in [0.29, 0.717) is 22.0 Å². The van der Waals surface area contributed by atoms with Crippen molar-refractivity contribution >= 4 is 34.4 Å². The van der Waals surface area contributed by atoms with Gasteiger partial charge >= 0.3 is 0 Å².